The Bertz CT molecular complexity index is 294. The summed E-state index contributed by atoms with van der Waals surface area (Å²) >= 11 is 0. The first-order valence-corrected chi connectivity index (χ1v) is 3.35. The summed E-state index contributed by atoms with van der Waals surface area (Å²) in [5.74, 6) is 0.343. The quantitative estimate of drug-likeness (QED) is 0.611. The Hall–Kier alpha value is -1.38. The van der Waals surface area contributed by atoms with Gasteiger partial charge in [-0.05, 0) is 18.6 Å². The molecule has 3 heteroatoms. The molecule has 0 aliphatic heterocycles. The summed E-state index contributed by atoms with van der Waals surface area (Å²) in [6, 6.07) is 3.47. The average Bonchev–Trinajstić information content (AvgIpc) is 1.94. The molecule has 1 heterocycles. The molecule has 11 heavy (non-hydrogen) atoms. The number of hydrogen-bond acceptors (Lipinski definition) is 3. The normalized spacial score (nSPS) is 9.64. The highest BCUT2D eigenvalue weighted by Gasteiger charge is 2.04. The minimum absolute atomic E-state index is 0.0465. The molecule has 0 bridgehead atoms. The number of pyridine rings is 1. The van der Waals surface area contributed by atoms with Crippen molar-refractivity contribution in [3.63, 3.8) is 0 Å². The summed E-state index contributed by atoms with van der Waals surface area (Å²) in [5, 5.41) is 0. The third-order valence-electron chi connectivity index (χ3n) is 1.45. The van der Waals surface area contributed by atoms with Crippen molar-refractivity contribution < 1.29 is 4.79 Å². The first-order chi connectivity index (χ1) is 5.11. The molecule has 3 nitrogen and oxygen atoms in total. The number of anilines is 1. The zero-order valence-corrected chi connectivity index (χ0v) is 6.59. The number of nitrogens with two attached hydrogens (primary N) is 1. The van der Waals surface area contributed by atoms with Crippen LogP contribution in [0, 0.1) is 6.92 Å². The maximum atomic E-state index is 10.9. The van der Waals surface area contributed by atoms with E-state index >= 15 is 0 Å². The molecule has 1 rings (SSSR count). The van der Waals surface area contributed by atoms with Crippen molar-refractivity contribution in [2.75, 3.05) is 5.73 Å². The Kier molecular flexibility index (Phi) is 1.89. The second-order valence-electron chi connectivity index (χ2n) is 2.46. The van der Waals surface area contributed by atoms with Gasteiger partial charge >= 0.3 is 0 Å². The predicted octanol–water partition coefficient (Wildman–Crippen LogP) is 1.17. The Morgan fingerprint density at radius 1 is 1.55 bits per heavy atom. The minimum atomic E-state index is -0.0465. The minimum Gasteiger partial charge on any atom is -0.384 e. The molecule has 0 atom stereocenters. The smallest absolute Gasteiger partial charge is 0.178 e. The van der Waals surface area contributed by atoms with Gasteiger partial charge in [-0.1, -0.05) is 6.07 Å². The number of carbonyl (C=O) groups excluding carboxylic acids is 1. The van der Waals surface area contributed by atoms with Gasteiger partial charge in [0.15, 0.2) is 5.78 Å². The van der Waals surface area contributed by atoms with Gasteiger partial charge in [0.05, 0.1) is 0 Å². The van der Waals surface area contributed by atoms with Crippen molar-refractivity contribution in [2.45, 2.75) is 13.8 Å². The van der Waals surface area contributed by atoms with E-state index < -0.39 is 0 Å². The summed E-state index contributed by atoms with van der Waals surface area (Å²) in [6.45, 7) is 3.32. The predicted molar refractivity (Wildman–Crippen MR) is 43.4 cm³/mol. The molecule has 0 amide bonds. The molecule has 0 radical (unpaired) electrons. The van der Waals surface area contributed by atoms with Crippen LogP contribution in [0.15, 0.2) is 12.1 Å². The average molecular weight is 150 g/mol. The van der Waals surface area contributed by atoms with Crippen molar-refractivity contribution >= 4 is 11.6 Å². The van der Waals surface area contributed by atoms with E-state index in [2.05, 4.69) is 4.98 Å². The van der Waals surface area contributed by atoms with Crippen LogP contribution in [0.2, 0.25) is 0 Å². The van der Waals surface area contributed by atoms with E-state index in [4.69, 9.17) is 5.73 Å². The van der Waals surface area contributed by atoms with Crippen LogP contribution in [-0.4, -0.2) is 10.8 Å². The molecule has 2 N–H and O–H groups in total. The van der Waals surface area contributed by atoms with Crippen LogP contribution in [0.5, 0.6) is 0 Å². The number of aromatic nitrogens is 1. The van der Waals surface area contributed by atoms with Gasteiger partial charge < -0.3 is 5.73 Å². The van der Waals surface area contributed by atoms with Crippen molar-refractivity contribution in [3.8, 4) is 0 Å². The lowest BCUT2D eigenvalue weighted by atomic mass is 10.1. The van der Waals surface area contributed by atoms with Crippen LogP contribution in [-0.2, 0) is 0 Å². The molecule has 0 aromatic carbocycles. The maximum absolute atomic E-state index is 10.9. The monoisotopic (exact) mass is 150 g/mol. The van der Waals surface area contributed by atoms with Crippen LogP contribution in [0.4, 0.5) is 5.82 Å². The van der Waals surface area contributed by atoms with Crippen LogP contribution < -0.4 is 5.73 Å². The van der Waals surface area contributed by atoms with Gasteiger partial charge in [0.25, 0.3) is 0 Å². The van der Waals surface area contributed by atoms with E-state index in [9.17, 15) is 4.79 Å². The second-order valence-corrected chi connectivity index (χ2v) is 2.46. The van der Waals surface area contributed by atoms with Crippen LogP contribution >= 0.6 is 0 Å². The summed E-state index contributed by atoms with van der Waals surface area (Å²) in [6.07, 6.45) is 0. The van der Waals surface area contributed by atoms with E-state index in [1.807, 2.05) is 6.92 Å². The molecule has 0 aliphatic carbocycles. The molecule has 0 saturated carbocycles. The molecule has 1 aromatic heterocycles. The largest absolute Gasteiger partial charge is 0.384 e. The van der Waals surface area contributed by atoms with Gasteiger partial charge in [-0.25, -0.2) is 4.98 Å². The summed E-state index contributed by atoms with van der Waals surface area (Å²) in [5.41, 5.74) is 6.73. The number of aryl methyl sites for hydroxylation is 1. The van der Waals surface area contributed by atoms with Crippen LogP contribution in [0.1, 0.15) is 23.0 Å². The lowest BCUT2D eigenvalue weighted by Gasteiger charge is -2.00. The van der Waals surface area contributed by atoms with Crippen molar-refractivity contribution in [2.24, 2.45) is 0 Å². The summed E-state index contributed by atoms with van der Waals surface area (Å²) < 4.78 is 0. The summed E-state index contributed by atoms with van der Waals surface area (Å²) in [4.78, 5) is 14.8. The number of nitrogen functional groups attached to an aromatic ring is 1. The Morgan fingerprint density at radius 2 is 2.18 bits per heavy atom. The molecule has 0 fully saturated rings. The van der Waals surface area contributed by atoms with Gasteiger partial charge in [0.2, 0.25) is 0 Å². The Balaban J connectivity index is 3.23. The van der Waals surface area contributed by atoms with Crippen LogP contribution in [0.25, 0.3) is 0 Å². The molecular formula is C8H10N2O. The second kappa shape index (κ2) is 2.70. The number of rotatable bonds is 1. The SMILES string of the molecule is CC(=O)c1nc(N)ccc1C. The van der Waals surface area contributed by atoms with E-state index in [1.54, 1.807) is 12.1 Å². The van der Waals surface area contributed by atoms with Gasteiger partial charge in [-0.15, -0.1) is 0 Å². The Labute approximate surface area is 65.2 Å². The van der Waals surface area contributed by atoms with Crippen molar-refractivity contribution in [3.05, 3.63) is 23.4 Å². The number of carbonyl (C=O) groups is 1. The Morgan fingerprint density at radius 3 is 2.64 bits per heavy atom. The third kappa shape index (κ3) is 1.55. The fourth-order valence-electron chi connectivity index (χ4n) is 0.900. The lowest BCUT2D eigenvalue weighted by molar-refractivity contribution is 0.101. The topological polar surface area (TPSA) is 56.0 Å². The number of nitrogens with zero attached hydrogens (tertiary/aromatic N) is 1. The molecule has 58 valence electrons. The molecule has 0 aliphatic rings. The van der Waals surface area contributed by atoms with Crippen molar-refractivity contribution in [1.29, 1.82) is 0 Å². The molecule has 1 aromatic rings. The van der Waals surface area contributed by atoms with Crippen molar-refractivity contribution in [1.82, 2.24) is 4.98 Å². The van der Waals surface area contributed by atoms with Gasteiger partial charge in [0.1, 0.15) is 11.5 Å². The number of Topliss-reactive ketones (excluding diaryl/α,β-unsaturated/α-hetero) is 1. The zero-order valence-electron chi connectivity index (χ0n) is 6.59. The van der Waals surface area contributed by atoms with Gasteiger partial charge in [0, 0.05) is 6.92 Å². The highest BCUT2D eigenvalue weighted by molar-refractivity contribution is 5.93. The zero-order chi connectivity index (χ0) is 8.43. The third-order valence-corrected chi connectivity index (χ3v) is 1.45. The maximum Gasteiger partial charge on any atom is 0.178 e. The van der Waals surface area contributed by atoms with Crippen LogP contribution in [0.3, 0.4) is 0 Å². The molecule has 0 spiro atoms. The first kappa shape index (κ1) is 7.72. The summed E-state index contributed by atoms with van der Waals surface area (Å²) in [7, 11) is 0. The molecule has 0 unspecified atom stereocenters. The van der Waals surface area contributed by atoms with E-state index in [1.165, 1.54) is 6.92 Å². The van der Waals surface area contributed by atoms with E-state index in [0.29, 0.717) is 11.5 Å². The molecular weight excluding hydrogens is 140 g/mol. The number of ketones is 1. The van der Waals surface area contributed by atoms with E-state index in [-0.39, 0.29) is 5.78 Å². The standard InChI is InChI=1S/C8H10N2O/c1-5-3-4-7(9)10-8(5)6(2)11/h3-4H,1-2H3,(H2,9,10). The lowest BCUT2D eigenvalue weighted by Crippen LogP contribution is -2.02. The highest BCUT2D eigenvalue weighted by atomic mass is 16.1. The van der Waals surface area contributed by atoms with Gasteiger partial charge in [-0.2, -0.15) is 0 Å². The van der Waals surface area contributed by atoms with Gasteiger partial charge in [-0.3, -0.25) is 4.79 Å². The van der Waals surface area contributed by atoms with E-state index in [0.717, 1.165) is 5.56 Å². The fraction of sp³-hybridized carbons (Fsp3) is 0.250. The highest BCUT2D eigenvalue weighted by Crippen LogP contribution is 2.07. The first-order valence-electron chi connectivity index (χ1n) is 3.35. The molecule has 0 saturated heterocycles. The number of hydrogen-bond donors (Lipinski definition) is 1. The fourth-order valence-corrected chi connectivity index (χ4v) is 0.900.